The average molecular weight is 272 g/mol. The van der Waals surface area contributed by atoms with E-state index in [1.165, 1.54) is 0 Å². The lowest BCUT2D eigenvalue weighted by Crippen LogP contribution is -2.42. The Hall–Kier alpha value is -1.88. The zero-order valence-corrected chi connectivity index (χ0v) is 11.0. The van der Waals surface area contributed by atoms with Crippen LogP contribution in [-0.4, -0.2) is 23.5 Å². The van der Waals surface area contributed by atoms with Crippen LogP contribution >= 0.6 is 0 Å². The number of imide groups is 1. The van der Waals surface area contributed by atoms with E-state index in [-0.39, 0.29) is 29.8 Å². The molecule has 0 saturated carbocycles. The molecule has 20 heavy (non-hydrogen) atoms. The highest BCUT2D eigenvalue weighted by atomic mass is 16.5. The van der Waals surface area contributed by atoms with Gasteiger partial charge in [0, 0.05) is 12.1 Å². The summed E-state index contributed by atoms with van der Waals surface area (Å²) in [6, 6.07) is 7.63. The Morgan fingerprint density at radius 2 is 2.10 bits per heavy atom. The van der Waals surface area contributed by atoms with Crippen molar-refractivity contribution in [2.24, 2.45) is 11.8 Å². The van der Waals surface area contributed by atoms with Gasteiger partial charge in [0.1, 0.15) is 0 Å². The Kier molecular flexibility index (Phi) is 2.27. The summed E-state index contributed by atoms with van der Waals surface area (Å²) in [6.45, 7) is 0. The third kappa shape index (κ3) is 1.41. The minimum Gasteiger partial charge on any atom is -0.399 e. The monoisotopic (exact) mass is 272 g/mol. The number of fused-ring (bicyclic) bond motifs is 5. The van der Waals surface area contributed by atoms with Gasteiger partial charge in [-0.1, -0.05) is 18.2 Å². The number of amides is 2. The molecule has 3 aliphatic rings. The lowest BCUT2D eigenvalue weighted by molar-refractivity contribution is -0.131. The van der Waals surface area contributed by atoms with Crippen LogP contribution in [-0.2, 0) is 20.7 Å². The lowest BCUT2D eigenvalue weighted by atomic mass is 9.70. The van der Waals surface area contributed by atoms with Crippen LogP contribution < -0.4 is 11.1 Å². The summed E-state index contributed by atoms with van der Waals surface area (Å²) < 4.78 is 6.09. The van der Waals surface area contributed by atoms with E-state index in [0.717, 1.165) is 18.4 Å². The van der Waals surface area contributed by atoms with Crippen molar-refractivity contribution in [3.8, 4) is 0 Å². The molecule has 1 aromatic rings. The maximum atomic E-state index is 12.1. The Labute approximate surface area is 116 Å². The second-order valence-electron chi connectivity index (χ2n) is 5.99. The normalized spacial score (nSPS) is 38.1. The van der Waals surface area contributed by atoms with Gasteiger partial charge in [-0.05, 0) is 24.5 Å². The van der Waals surface area contributed by atoms with Crippen LogP contribution in [0.5, 0.6) is 0 Å². The molecule has 3 aliphatic heterocycles. The van der Waals surface area contributed by atoms with E-state index in [1.54, 1.807) is 0 Å². The molecule has 5 heteroatoms. The molecule has 3 saturated heterocycles. The number of hydrogen-bond acceptors (Lipinski definition) is 4. The Balaban J connectivity index is 1.72. The predicted octanol–water partition coefficient (Wildman–Crippen LogP) is 0.631. The van der Waals surface area contributed by atoms with E-state index in [0.29, 0.717) is 12.1 Å². The summed E-state index contributed by atoms with van der Waals surface area (Å²) in [4.78, 5) is 24.0. The molecular formula is C15H16N2O3. The molecule has 1 aromatic carbocycles. The zero-order valence-electron chi connectivity index (χ0n) is 11.0. The van der Waals surface area contributed by atoms with Gasteiger partial charge in [-0.25, -0.2) is 0 Å². The molecule has 0 aliphatic carbocycles. The molecule has 3 heterocycles. The topological polar surface area (TPSA) is 81.4 Å². The molecule has 0 aromatic heterocycles. The van der Waals surface area contributed by atoms with E-state index in [4.69, 9.17) is 10.5 Å². The van der Waals surface area contributed by atoms with E-state index in [1.807, 2.05) is 24.3 Å². The van der Waals surface area contributed by atoms with Crippen molar-refractivity contribution in [2.75, 3.05) is 5.73 Å². The van der Waals surface area contributed by atoms with Gasteiger partial charge in [0.25, 0.3) is 0 Å². The van der Waals surface area contributed by atoms with Crippen LogP contribution in [0.25, 0.3) is 0 Å². The molecule has 2 amide bonds. The standard InChI is InChI=1S/C15H16N2O3/c16-9-4-2-1-3-8(9)7-15-6-5-10(20-15)11-12(15)14(19)17-13(11)18/h1-4,10-12H,5-7,16H2,(H,17,18,19). The first-order valence-corrected chi connectivity index (χ1v) is 6.97. The molecule has 2 bridgehead atoms. The largest absolute Gasteiger partial charge is 0.399 e. The molecule has 3 fully saturated rings. The number of anilines is 1. The van der Waals surface area contributed by atoms with Gasteiger partial charge in [0.2, 0.25) is 11.8 Å². The van der Waals surface area contributed by atoms with Gasteiger partial charge in [-0.3, -0.25) is 14.9 Å². The number of para-hydroxylation sites is 1. The first-order valence-electron chi connectivity index (χ1n) is 6.97. The molecule has 3 N–H and O–H groups in total. The number of rotatable bonds is 2. The van der Waals surface area contributed by atoms with Crippen LogP contribution in [0.2, 0.25) is 0 Å². The van der Waals surface area contributed by atoms with E-state index in [9.17, 15) is 9.59 Å². The summed E-state index contributed by atoms with van der Waals surface area (Å²) in [5.74, 6) is -1.01. The lowest BCUT2D eigenvalue weighted by Gasteiger charge is -2.31. The van der Waals surface area contributed by atoms with Gasteiger partial charge < -0.3 is 10.5 Å². The third-order valence-electron chi connectivity index (χ3n) is 4.94. The summed E-state index contributed by atoms with van der Waals surface area (Å²) in [5, 5.41) is 2.46. The van der Waals surface area contributed by atoms with Crippen LogP contribution in [0.4, 0.5) is 5.69 Å². The van der Waals surface area contributed by atoms with E-state index >= 15 is 0 Å². The van der Waals surface area contributed by atoms with Crippen molar-refractivity contribution in [3.63, 3.8) is 0 Å². The van der Waals surface area contributed by atoms with Gasteiger partial charge in [0.15, 0.2) is 0 Å². The second-order valence-corrected chi connectivity index (χ2v) is 5.99. The fourth-order valence-electron chi connectivity index (χ4n) is 4.09. The highest BCUT2D eigenvalue weighted by molar-refractivity contribution is 6.06. The first-order chi connectivity index (χ1) is 9.61. The maximum absolute atomic E-state index is 12.1. The number of carbonyl (C=O) groups excluding carboxylic acids is 2. The molecule has 5 nitrogen and oxygen atoms in total. The molecule has 4 unspecified atom stereocenters. The third-order valence-corrected chi connectivity index (χ3v) is 4.94. The van der Waals surface area contributed by atoms with Gasteiger partial charge in [-0.2, -0.15) is 0 Å². The predicted molar refractivity (Wildman–Crippen MR) is 71.5 cm³/mol. The summed E-state index contributed by atoms with van der Waals surface area (Å²) in [6.07, 6.45) is 2.14. The van der Waals surface area contributed by atoms with Crippen LogP contribution in [0.3, 0.4) is 0 Å². The second kappa shape index (κ2) is 3.82. The van der Waals surface area contributed by atoms with Crippen LogP contribution in [0.1, 0.15) is 18.4 Å². The Bertz CT molecular complexity index is 615. The van der Waals surface area contributed by atoms with Crippen LogP contribution in [0, 0.1) is 11.8 Å². The average Bonchev–Trinajstić information content (AvgIpc) is 3.05. The molecule has 4 rings (SSSR count). The first kappa shape index (κ1) is 11.9. The van der Waals surface area contributed by atoms with Gasteiger partial charge >= 0.3 is 0 Å². The summed E-state index contributed by atoms with van der Waals surface area (Å²) >= 11 is 0. The highest BCUT2D eigenvalue weighted by Crippen LogP contribution is 2.54. The molecule has 0 radical (unpaired) electrons. The minimum absolute atomic E-state index is 0.114. The number of benzene rings is 1. The number of nitrogen functional groups attached to an aromatic ring is 1. The molecule has 4 atom stereocenters. The van der Waals surface area contributed by atoms with Crippen molar-refractivity contribution >= 4 is 17.5 Å². The van der Waals surface area contributed by atoms with Crippen LogP contribution in [0.15, 0.2) is 24.3 Å². The molecular weight excluding hydrogens is 256 g/mol. The fraction of sp³-hybridized carbons (Fsp3) is 0.467. The minimum atomic E-state index is -0.555. The van der Waals surface area contributed by atoms with Crippen molar-refractivity contribution in [1.82, 2.24) is 5.32 Å². The highest BCUT2D eigenvalue weighted by Gasteiger charge is 2.67. The fourth-order valence-corrected chi connectivity index (χ4v) is 4.09. The van der Waals surface area contributed by atoms with E-state index in [2.05, 4.69) is 5.32 Å². The summed E-state index contributed by atoms with van der Waals surface area (Å²) in [5.41, 5.74) is 7.14. The maximum Gasteiger partial charge on any atom is 0.233 e. The number of hydrogen-bond donors (Lipinski definition) is 2. The zero-order chi connectivity index (χ0) is 13.9. The van der Waals surface area contributed by atoms with Gasteiger partial charge in [0.05, 0.1) is 23.5 Å². The Morgan fingerprint density at radius 1 is 1.30 bits per heavy atom. The van der Waals surface area contributed by atoms with Crippen molar-refractivity contribution in [3.05, 3.63) is 29.8 Å². The summed E-state index contributed by atoms with van der Waals surface area (Å²) in [7, 11) is 0. The molecule has 0 spiro atoms. The number of nitrogens with two attached hydrogens (primary N) is 1. The van der Waals surface area contributed by atoms with Crippen molar-refractivity contribution in [2.45, 2.75) is 31.0 Å². The van der Waals surface area contributed by atoms with E-state index < -0.39 is 5.60 Å². The van der Waals surface area contributed by atoms with Gasteiger partial charge in [-0.15, -0.1) is 0 Å². The SMILES string of the molecule is Nc1ccccc1CC12CCC(O1)C1C(=O)NC(=O)C12. The molecule has 104 valence electrons. The number of ether oxygens (including phenoxy) is 1. The number of nitrogens with one attached hydrogen (secondary N) is 1. The quantitative estimate of drug-likeness (QED) is 0.611. The smallest absolute Gasteiger partial charge is 0.233 e. The number of carbonyl (C=O) groups is 2. The van der Waals surface area contributed by atoms with Crippen molar-refractivity contribution < 1.29 is 14.3 Å². The Morgan fingerprint density at radius 3 is 2.90 bits per heavy atom. The van der Waals surface area contributed by atoms with Crippen molar-refractivity contribution in [1.29, 1.82) is 0 Å².